The molecule has 0 bridgehead atoms. The molecule has 0 unspecified atom stereocenters. The highest BCUT2D eigenvalue weighted by atomic mass is 16.5. The molecular weight excluding hydrogens is 198 g/mol. The number of anilines is 2. The summed E-state index contributed by atoms with van der Waals surface area (Å²) in [7, 11) is 0. The van der Waals surface area contributed by atoms with E-state index in [0.717, 1.165) is 12.8 Å². The second kappa shape index (κ2) is 5.42. The van der Waals surface area contributed by atoms with Crippen LogP contribution in [0.4, 0.5) is 11.9 Å². The Morgan fingerprint density at radius 1 is 1.00 bits per heavy atom. The van der Waals surface area contributed by atoms with Crippen molar-refractivity contribution in [3.63, 3.8) is 0 Å². The van der Waals surface area contributed by atoms with Crippen molar-refractivity contribution in [3.05, 3.63) is 5.82 Å². The zero-order chi connectivity index (χ0) is 11.3. The third kappa shape index (κ3) is 2.74. The second-order valence-corrected chi connectivity index (χ2v) is 3.08. The summed E-state index contributed by atoms with van der Waals surface area (Å²) < 4.78 is 0. The number of nitrogens with zero attached hydrogens (tertiary/aromatic N) is 3. The predicted octanol–water partition coefficient (Wildman–Crippen LogP) is 1.38. The van der Waals surface area contributed by atoms with E-state index in [1.165, 1.54) is 0 Å². The fraction of sp³-hybridized carbons (Fsp3) is 0.625. The quantitative estimate of drug-likeness (QED) is 0.548. The highest BCUT2D eigenvalue weighted by Crippen LogP contribution is 2.20. The second-order valence-electron chi connectivity index (χ2n) is 3.08. The normalized spacial score (nSPS) is 10.5. The lowest BCUT2D eigenvalue weighted by Gasteiger charge is -2.11. The minimum atomic E-state index is 0.0171. The number of rotatable bonds is 5. The minimum absolute atomic E-state index is 0.0171. The summed E-state index contributed by atoms with van der Waals surface area (Å²) in [4.78, 5) is 11.7. The third-order valence-corrected chi connectivity index (χ3v) is 2.20. The maximum Gasteiger partial charge on any atom is 0.252 e. The van der Waals surface area contributed by atoms with Gasteiger partial charge in [-0.05, 0) is 12.8 Å². The Labute approximate surface area is 87.5 Å². The van der Waals surface area contributed by atoms with Crippen LogP contribution in [0.25, 0.3) is 0 Å². The molecule has 1 aromatic heterocycles. The zero-order valence-corrected chi connectivity index (χ0v) is 8.73. The molecular formula is C8H15N5O2. The van der Waals surface area contributed by atoms with Crippen LogP contribution in [0.5, 0.6) is 0 Å². The lowest BCUT2D eigenvalue weighted by Crippen LogP contribution is -2.10. The van der Waals surface area contributed by atoms with Crippen molar-refractivity contribution in [2.24, 2.45) is 0 Å². The fourth-order valence-electron chi connectivity index (χ4n) is 1.33. The topological polar surface area (TPSA) is 103 Å². The number of nitrogens with one attached hydrogen (secondary N) is 2. The molecule has 0 aromatic carbocycles. The number of aromatic nitrogens is 3. The van der Waals surface area contributed by atoms with Crippen LogP contribution in [0.1, 0.15) is 38.4 Å². The Bertz CT molecular complexity index is 294. The fourth-order valence-corrected chi connectivity index (χ4v) is 1.33. The predicted molar refractivity (Wildman–Crippen MR) is 54.0 cm³/mol. The average molecular weight is 213 g/mol. The van der Waals surface area contributed by atoms with Gasteiger partial charge in [-0.1, -0.05) is 13.8 Å². The minimum Gasteiger partial charge on any atom is -0.288 e. The van der Waals surface area contributed by atoms with Crippen molar-refractivity contribution < 1.29 is 10.4 Å². The lowest BCUT2D eigenvalue weighted by molar-refractivity contribution is 0.373. The highest BCUT2D eigenvalue weighted by Gasteiger charge is 2.13. The largest absolute Gasteiger partial charge is 0.288 e. The van der Waals surface area contributed by atoms with Crippen molar-refractivity contribution >= 4 is 11.9 Å². The molecule has 0 aliphatic heterocycles. The summed E-state index contributed by atoms with van der Waals surface area (Å²) in [5, 5.41) is 17.4. The van der Waals surface area contributed by atoms with E-state index in [0.29, 0.717) is 5.82 Å². The van der Waals surface area contributed by atoms with Crippen LogP contribution < -0.4 is 11.0 Å². The van der Waals surface area contributed by atoms with Gasteiger partial charge in [0.15, 0.2) is 0 Å². The van der Waals surface area contributed by atoms with Gasteiger partial charge >= 0.3 is 0 Å². The van der Waals surface area contributed by atoms with Gasteiger partial charge in [-0.3, -0.25) is 10.4 Å². The molecule has 0 spiro atoms. The van der Waals surface area contributed by atoms with Gasteiger partial charge in [0.1, 0.15) is 5.82 Å². The maximum atomic E-state index is 8.70. The Morgan fingerprint density at radius 2 is 1.47 bits per heavy atom. The SMILES string of the molecule is CCC(CC)c1nc(NO)nc(NO)n1. The van der Waals surface area contributed by atoms with Gasteiger partial charge < -0.3 is 0 Å². The van der Waals surface area contributed by atoms with Crippen LogP contribution in [-0.4, -0.2) is 25.4 Å². The maximum absolute atomic E-state index is 8.70. The van der Waals surface area contributed by atoms with Crippen molar-refractivity contribution in [1.82, 2.24) is 15.0 Å². The van der Waals surface area contributed by atoms with Crippen LogP contribution in [0.3, 0.4) is 0 Å². The molecule has 4 N–H and O–H groups in total. The molecule has 0 atom stereocenters. The molecule has 0 aliphatic rings. The van der Waals surface area contributed by atoms with Crippen LogP contribution >= 0.6 is 0 Å². The summed E-state index contributed by atoms with van der Waals surface area (Å²) in [6.45, 7) is 4.05. The summed E-state index contributed by atoms with van der Waals surface area (Å²) in [6, 6.07) is 0. The van der Waals surface area contributed by atoms with Crippen LogP contribution in [0, 0.1) is 0 Å². The molecule has 7 heteroatoms. The van der Waals surface area contributed by atoms with Crippen molar-refractivity contribution in [2.45, 2.75) is 32.6 Å². The molecule has 0 saturated heterocycles. The summed E-state index contributed by atoms with van der Waals surface area (Å²) in [6.07, 6.45) is 1.77. The third-order valence-electron chi connectivity index (χ3n) is 2.20. The number of hydrogen-bond acceptors (Lipinski definition) is 7. The first-order valence-electron chi connectivity index (χ1n) is 4.81. The van der Waals surface area contributed by atoms with Crippen LogP contribution in [0.15, 0.2) is 0 Å². The van der Waals surface area contributed by atoms with E-state index >= 15 is 0 Å². The molecule has 7 nitrogen and oxygen atoms in total. The summed E-state index contributed by atoms with van der Waals surface area (Å²) in [5.41, 5.74) is 3.66. The molecule has 0 fully saturated rings. The zero-order valence-electron chi connectivity index (χ0n) is 8.73. The van der Waals surface area contributed by atoms with Gasteiger partial charge in [0, 0.05) is 5.92 Å². The van der Waals surface area contributed by atoms with Gasteiger partial charge in [0.2, 0.25) is 0 Å². The standard InChI is InChI=1S/C8H15N5O2/c1-3-5(4-2)6-9-7(12-14)11-8(10-6)13-15/h5,14-15H,3-4H2,1-2H3,(H2,9,10,11,12,13). The van der Waals surface area contributed by atoms with Crippen molar-refractivity contribution in [2.75, 3.05) is 11.0 Å². The van der Waals surface area contributed by atoms with Crippen molar-refractivity contribution in [3.8, 4) is 0 Å². The Hall–Kier alpha value is -1.47. The first kappa shape index (κ1) is 11.6. The molecule has 0 saturated carbocycles. The molecule has 0 amide bonds. The molecule has 1 heterocycles. The Morgan fingerprint density at radius 3 is 1.80 bits per heavy atom. The van der Waals surface area contributed by atoms with E-state index in [4.69, 9.17) is 10.4 Å². The molecule has 84 valence electrons. The van der Waals surface area contributed by atoms with E-state index in [1.54, 1.807) is 0 Å². The van der Waals surface area contributed by atoms with Gasteiger partial charge in [-0.15, -0.1) is 0 Å². The van der Waals surface area contributed by atoms with Crippen LogP contribution in [-0.2, 0) is 0 Å². The van der Waals surface area contributed by atoms with E-state index in [1.807, 2.05) is 24.8 Å². The smallest absolute Gasteiger partial charge is 0.252 e. The lowest BCUT2D eigenvalue weighted by atomic mass is 10.0. The molecule has 15 heavy (non-hydrogen) atoms. The van der Waals surface area contributed by atoms with Gasteiger partial charge in [0.05, 0.1) is 0 Å². The van der Waals surface area contributed by atoms with E-state index < -0.39 is 0 Å². The first-order chi connectivity index (χ1) is 7.24. The monoisotopic (exact) mass is 213 g/mol. The highest BCUT2D eigenvalue weighted by molar-refractivity contribution is 5.31. The van der Waals surface area contributed by atoms with Gasteiger partial charge in [-0.2, -0.15) is 15.0 Å². The van der Waals surface area contributed by atoms with E-state index in [-0.39, 0.29) is 17.8 Å². The molecule has 1 rings (SSSR count). The average Bonchev–Trinajstić information content (AvgIpc) is 2.30. The van der Waals surface area contributed by atoms with E-state index in [9.17, 15) is 0 Å². The molecule has 0 aliphatic carbocycles. The van der Waals surface area contributed by atoms with Gasteiger partial charge in [0.25, 0.3) is 11.9 Å². The van der Waals surface area contributed by atoms with Crippen LogP contribution in [0.2, 0.25) is 0 Å². The van der Waals surface area contributed by atoms with E-state index in [2.05, 4.69) is 15.0 Å². The molecule has 1 aromatic rings. The summed E-state index contributed by atoms with van der Waals surface area (Å²) >= 11 is 0. The Balaban J connectivity index is 3.05. The first-order valence-corrected chi connectivity index (χ1v) is 4.81. The Kier molecular flexibility index (Phi) is 4.19. The van der Waals surface area contributed by atoms with Crippen molar-refractivity contribution in [1.29, 1.82) is 0 Å². The summed E-state index contributed by atoms with van der Waals surface area (Å²) in [5.74, 6) is 0.766. The number of hydrogen-bond donors (Lipinski definition) is 4. The molecule has 0 radical (unpaired) electrons. The van der Waals surface area contributed by atoms with Gasteiger partial charge in [-0.25, -0.2) is 11.0 Å².